The highest BCUT2D eigenvalue weighted by Crippen LogP contribution is 2.24. The number of carbonyl (C=O) groups is 1. The van der Waals surface area contributed by atoms with Crippen molar-refractivity contribution in [2.75, 3.05) is 13.1 Å². The lowest BCUT2D eigenvalue weighted by molar-refractivity contribution is 0.0942. The molecule has 19 heavy (non-hydrogen) atoms. The number of rotatable bonds is 4. The minimum Gasteiger partial charge on any atom is -0.316 e. The van der Waals surface area contributed by atoms with Crippen LogP contribution in [0.1, 0.15) is 36.5 Å². The van der Waals surface area contributed by atoms with Crippen LogP contribution in [0.15, 0.2) is 18.2 Å². The van der Waals surface area contributed by atoms with Crippen molar-refractivity contribution >= 4 is 5.78 Å². The van der Waals surface area contributed by atoms with E-state index in [4.69, 9.17) is 0 Å². The average molecular weight is 267 g/mol. The number of benzene rings is 1. The first kappa shape index (κ1) is 14.1. The van der Waals surface area contributed by atoms with Crippen LogP contribution in [-0.4, -0.2) is 18.9 Å². The normalized spacial score (nSPS) is 21.1. The molecule has 2 atom stereocenters. The summed E-state index contributed by atoms with van der Waals surface area (Å²) in [5, 5.41) is 3.32. The third kappa shape index (κ3) is 3.83. The second kappa shape index (κ2) is 6.24. The Bertz CT molecular complexity index is 435. The van der Waals surface area contributed by atoms with Gasteiger partial charge in [0.05, 0.1) is 0 Å². The lowest BCUT2D eigenvalue weighted by atomic mass is 9.83. The Morgan fingerprint density at radius 3 is 2.63 bits per heavy atom. The predicted molar refractivity (Wildman–Crippen MR) is 70.1 cm³/mol. The van der Waals surface area contributed by atoms with Crippen molar-refractivity contribution in [2.45, 2.75) is 26.2 Å². The van der Waals surface area contributed by atoms with E-state index in [1.165, 1.54) is 0 Å². The Hall–Kier alpha value is -1.29. The quantitative estimate of drug-likeness (QED) is 0.849. The van der Waals surface area contributed by atoms with Crippen LogP contribution in [0, 0.1) is 23.5 Å². The molecule has 1 aromatic carbocycles. The molecule has 1 heterocycles. The Kier molecular flexibility index (Phi) is 4.64. The Morgan fingerprint density at radius 1 is 1.37 bits per heavy atom. The van der Waals surface area contributed by atoms with Crippen molar-refractivity contribution < 1.29 is 13.6 Å². The molecule has 0 bridgehead atoms. The third-order valence-electron chi connectivity index (χ3n) is 3.83. The van der Waals surface area contributed by atoms with Gasteiger partial charge in [-0.3, -0.25) is 4.79 Å². The second-order valence-corrected chi connectivity index (χ2v) is 5.37. The minimum absolute atomic E-state index is 0.133. The van der Waals surface area contributed by atoms with E-state index in [9.17, 15) is 13.6 Å². The van der Waals surface area contributed by atoms with E-state index in [2.05, 4.69) is 5.32 Å². The van der Waals surface area contributed by atoms with Crippen LogP contribution in [0.4, 0.5) is 8.78 Å². The molecule has 1 aromatic rings. The zero-order chi connectivity index (χ0) is 13.8. The molecular weight excluding hydrogens is 248 g/mol. The molecule has 1 fully saturated rings. The average Bonchev–Trinajstić information content (AvgIpc) is 2.38. The number of hydrogen-bond donors (Lipinski definition) is 1. The van der Waals surface area contributed by atoms with Gasteiger partial charge < -0.3 is 5.32 Å². The molecule has 0 aromatic heterocycles. The van der Waals surface area contributed by atoms with E-state index in [0.717, 1.165) is 44.1 Å². The van der Waals surface area contributed by atoms with Crippen molar-refractivity contribution in [3.8, 4) is 0 Å². The zero-order valence-electron chi connectivity index (χ0n) is 11.1. The molecule has 2 rings (SSSR count). The summed E-state index contributed by atoms with van der Waals surface area (Å²) in [6, 6.07) is 3.00. The van der Waals surface area contributed by atoms with Gasteiger partial charge in [-0.2, -0.15) is 0 Å². The molecule has 1 N–H and O–H groups in total. The van der Waals surface area contributed by atoms with E-state index in [1.54, 1.807) is 0 Å². The Morgan fingerprint density at radius 2 is 2.05 bits per heavy atom. The van der Waals surface area contributed by atoms with E-state index >= 15 is 0 Å². The van der Waals surface area contributed by atoms with E-state index in [0.29, 0.717) is 12.3 Å². The summed E-state index contributed by atoms with van der Waals surface area (Å²) in [7, 11) is 0. The molecule has 0 amide bonds. The van der Waals surface area contributed by atoms with Crippen LogP contribution in [-0.2, 0) is 0 Å². The monoisotopic (exact) mass is 267 g/mol. The first-order valence-electron chi connectivity index (χ1n) is 6.76. The SMILES string of the molecule is CC(CC(=O)c1cc(F)cc(F)c1)C1CCCNC1. The highest BCUT2D eigenvalue weighted by Gasteiger charge is 2.22. The summed E-state index contributed by atoms with van der Waals surface area (Å²) in [5.41, 5.74) is 0.133. The first-order chi connectivity index (χ1) is 9.06. The van der Waals surface area contributed by atoms with Crippen LogP contribution in [0.3, 0.4) is 0 Å². The molecule has 1 aliphatic rings. The van der Waals surface area contributed by atoms with Crippen LogP contribution < -0.4 is 5.32 Å². The molecule has 4 heteroatoms. The number of Topliss-reactive ketones (excluding diaryl/α,β-unsaturated/α-hetero) is 1. The summed E-state index contributed by atoms with van der Waals surface area (Å²) < 4.78 is 26.2. The number of hydrogen-bond acceptors (Lipinski definition) is 2. The summed E-state index contributed by atoms with van der Waals surface area (Å²) in [4.78, 5) is 12.0. The van der Waals surface area contributed by atoms with Gasteiger partial charge in [0.2, 0.25) is 0 Å². The Balaban J connectivity index is 1.99. The fourth-order valence-electron chi connectivity index (χ4n) is 2.66. The lowest BCUT2D eigenvalue weighted by Gasteiger charge is -2.28. The first-order valence-corrected chi connectivity index (χ1v) is 6.76. The number of carbonyl (C=O) groups excluding carboxylic acids is 1. The number of halogens is 2. The molecule has 1 aliphatic heterocycles. The maximum absolute atomic E-state index is 13.1. The zero-order valence-corrected chi connectivity index (χ0v) is 11.1. The van der Waals surface area contributed by atoms with Gasteiger partial charge in [0.1, 0.15) is 11.6 Å². The van der Waals surface area contributed by atoms with Gasteiger partial charge in [0, 0.05) is 18.1 Å². The molecule has 0 radical (unpaired) electrons. The van der Waals surface area contributed by atoms with Gasteiger partial charge in [-0.05, 0) is 49.9 Å². The number of piperidine rings is 1. The summed E-state index contributed by atoms with van der Waals surface area (Å²) in [6.45, 7) is 3.99. The summed E-state index contributed by atoms with van der Waals surface area (Å²) >= 11 is 0. The number of nitrogens with one attached hydrogen (secondary N) is 1. The topological polar surface area (TPSA) is 29.1 Å². The third-order valence-corrected chi connectivity index (χ3v) is 3.83. The molecular formula is C15H19F2NO. The molecule has 0 spiro atoms. The summed E-state index contributed by atoms with van der Waals surface area (Å²) in [5.74, 6) is -0.884. The molecule has 1 saturated heterocycles. The van der Waals surface area contributed by atoms with Gasteiger partial charge in [0.25, 0.3) is 0 Å². The van der Waals surface area contributed by atoms with Crippen LogP contribution >= 0.6 is 0 Å². The lowest BCUT2D eigenvalue weighted by Crippen LogP contribution is -2.34. The standard InChI is InChI=1S/C15H19F2NO/c1-10(11-3-2-4-18-9-11)5-15(19)12-6-13(16)8-14(17)7-12/h6-8,10-11,18H,2-5,9H2,1H3. The molecule has 2 nitrogen and oxygen atoms in total. The van der Waals surface area contributed by atoms with E-state index in [-0.39, 0.29) is 17.3 Å². The minimum atomic E-state index is -0.699. The van der Waals surface area contributed by atoms with Gasteiger partial charge in [0.15, 0.2) is 5.78 Å². The highest BCUT2D eigenvalue weighted by molar-refractivity contribution is 5.96. The largest absolute Gasteiger partial charge is 0.316 e. The van der Waals surface area contributed by atoms with Gasteiger partial charge >= 0.3 is 0 Å². The van der Waals surface area contributed by atoms with Crippen LogP contribution in [0.2, 0.25) is 0 Å². The van der Waals surface area contributed by atoms with Gasteiger partial charge in [-0.15, -0.1) is 0 Å². The molecule has 0 aliphatic carbocycles. The van der Waals surface area contributed by atoms with Crippen molar-refractivity contribution in [1.29, 1.82) is 0 Å². The number of ketones is 1. The van der Waals surface area contributed by atoms with Crippen LogP contribution in [0.5, 0.6) is 0 Å². The van der Waals surface area contributed by atoms with Crippen molar-refractivity contribution in [1.82, 2.24) is 5.32 Å². The van der Waals surface area contributed by atoms with E-state index < -0.39 is 11.6 Å². The smallest absolute Gasteiger partial charge is 0.163 e. The van der Waals surface area contributed by atoms with Crippen LogP contribution in [0.25, 0.3) is 0 Å². The Labute approximate surface area is 112 Å². The van der Waals surface area contributed by atoms with Gasteiger partial charge in [-0.25, -0.2) is 8.78 Å². The fraction of sp³-hybridized carbons (Fsp3) is 0.533. The molecule has 2 unspecified atom stereocenters. The van der Waals surface area contributed by atoms with Crippen molar-refractivity contribution in [3.63, 3.8) is 0 Å². The maximum atomic E-state index is 13.1. The van der Waals surface area contributed by atoms with Crippen molar-refractivity contribution in [3.05, 3.63) is 35.4 Å². The predicted octanol–water partition coefficient (Wildman–Crippen LogP) is 3.17. The second-order valence-electron chi connectivity index (χ2n) is 5.37. The molecule has 0 saturated carbocycles. The summed E-state index contributed by atoms with van der Waals surface area (Å²) in [6.07, 6.45) is 2.58. The van der Waals surface area contributed by atoms with Crippen molar-refractivity contribution in [2.24, 2.45) is 11.8 Å². The highest BCUT2D eigenvalue weighted by atomic mass is 19.1. The molecule has 104 valence electrons. The van der Waals surface area contributed by atoms with Gasteiger partial charge in [-0.1, -0.05) is 6.92 Å². The van der Waals surface area contributed by atoms with E-state index in [1.807, 2.05) is 6.92 Å². The fourth-order valence-corrected chi connectivity index (χ4v) is 2.66. The maximum Gasteiger partial charge on any atom is 0.163 e.